The quantitative estimate of drug-likeness (QED) is 0.366. The Kier molecular flexibility index (Phi) is 8.13. The average Bonchev–Trinajstić information content (AvgIpc) is 2.99. The predicted octanol–water partition coefficient (Wildman–Crippen LogP) is 3.43. The molecule has 0 radical (unpaired) electrons. The zero-order valence-corrected chi connectivity index (χ0v) is 15.9. The predicted molar refractivity (Wildman–Crippen MR) is 105 cm³/mol. The number of hydrogen-bond acceptors (Lipinski definition) is 3. The van der Waals surface area contributed by atoms with Gasteiger partial charge in [-0.1, -0.05) is 51.2 Å². The number of aliphatic hydroxyl groups excluding tert-OH is 1. The topological polar surface area (TPSA) is 85.3 Å². The Morgan fingerprint density at radius 1 is 1.15 bits per heavy atom. The Labute approximate surface area is 155 Å². The van der Waals surface area contributed by atoms with Gasteiger partial charge in [-0.2, -0.15) is 0 Å². The third-order valence-corrected chi connectivity index (χ3v) is 4.84. The zero-order valence-electron chi connectivity index (χ0n) is 15.9. The van der Waals surface area contributed by atoms with Crippen LogP contribution < -0.4 is 5.32 Å². The number of hydrogen-bond donors (Lipinski definition) is 4. The largest absolute Gasteiger partial charge is 0.366 e. The molecule has 1 atom stereocenters. The highest BCUT2D eigenvalue weighted by Gasteiger charge is 2.19. The standard InChI is InChI=1S/C21H32N2O3/c1-3-4-5-6-7-8-9-16-10-11-18-17(14-22-19(18)12-16)13-20(21(25)26)23-15(2)24/h10-12,14,20-22,25-26H,3-9,13H2,1-2H3,(H,23,24). The number of nitrogens with one attached hydrogen (secondary N) is 2. The van der Waals surface area contributed by atoms with Crippen molar-refractivity contribution in [2.24, 2.45) is 0 Å². The zero-order chi connectivity index (χ0) is 18.9. The summed E-state index contributed by atoms with van der Waals surface area (Å²) in [5.41, 5.74) is 3.34. The number of fused-ring (bicyclic) bond motifs is 1. The van der Waals surface area contributed by atoms with Crippen LogP contribution in [0.1, 0.15) is 63.5 Å². The third kappa shape index (κ3) is 6.15. The van der Waals surface area contributed by atoms with Crippen molar-refractivity contribution in [2.45, 2.75) is 77.5 Å². The minimum absolute atomic E-state index is 0.274. The molecular formula is C21H32N2O3. The molecule has 1 heterocycles. The lowest BCUT2D eigenvalue weighted by atomic mass is 10.0. The third-order valence-electron chi connectivity index (χ3n) is 4.84. The molecule has 5 heteroatoms. The highest BCUT2D eigenvalue weighted by molar-refractivity contribution is 5.84. The molecule has 0 bridgehead atoms. The number of aromatic amines is 1. The molecule has 1 amide bonds. The second-order valence-electron chi connectivity index (χ2n) is 7.14. The van der Waals surface area contributed by atoms with Crippen LogP contribution in [0.15, 0.2) is 24.4 Å². The number of aromatic nitrogens is 1. The van der Waals surface area contributed by atoms with Crippen LogP contribution in [0.25, 0.3) is 10.9 Å². The lowest BCUT2D eigenvalue weighted by molar-refractivity contribution is -0.124. The maximum atomic E-state index is 11.2. The fourth-order valence-electron chi connectivity index (χ4n) is 3.40. The molecule has 26 heavy (non-hydrogen) atoms. The van der Waals surface area contributed by atoms with Crippen molar-refractivity contribution >= 4 is 16.8 Å². The Morgan fingerprint density at radius 3 is 2.58 bits per heavy atom. The fourth-order valence-corrected chi connectivity index (χ4v) is 3.40. The molecule has 4 N–H and O–H groups in total. The van der Waals surface area contributed by atoms with Crippen LogP contribution in [0.4, 0.5) is 0 Å². The first kappa shape index (κ1) is 20.5. The average molecular weight is 360 g/mol. The van der Waals surface area contributed by atoms with E-state index in [2.05, 4.69) is 35.4 Å². The molecule has 1 aromatic heterocycles. The molecule has 0 fully saturated rings. The van der Waals surface area contributed by atoms with Crippen LogP contribution in [0.3, 0.4) is 0 Å². The number of unbranched alkanes of at least 4 members (excludes halogenated alkanes) is 5. The van der Waals surface area contributed by atoms with Gasteiger partial charge in [0, 0.05) is 24.0 Å². The van der Waals surface area contributed by atoms with Crippen molar-refractivity contribution in [1.82, 2.24) is 10.3 Å². The van der Waals surface area contributed by atoms with Crippen molar-refractivity contribution in [1.29, 1.82) is 0 Å². The summed E-state index contributed by atoms with van der Waals surface area (Å²) in [5.74, 6) is -0.274. The molecule has 0 aliphatic carbocycles. The van der Waals surface area contributed by atoms with Crippen molar-refractivity contribution in [3.05, 3.63) is 35.5 Å². The van der Waals surface area contributed by atoms with Crippen LogP contribution in [0.5, 0.6) is 0 Å². The number of carbonyl (C=O) groups excluding carboxylic acids is 1. The first-order valence-electron chi connectivity index (χ1n) is 9.73. The van der Waals surface area contributed by atoms with Gasteiger partial charge in [0.2, 0.25) is 5.91 Å². The van der Waals surface area contributed by atoms with E-state index in [0.717, 1.165) is 22.9 Å². The van der Waals surface area contributed by atoms with E-state index in [-0.39, 0.29) is 5.91 Å². The van der Waals surface area contributed by atoms with E-state index in [1.807, 2.05) is 6.20 Å². The molecular weight excluding hydrogens is 328 g/mol. The van der Waals surface area contributed by atoms with E-state index in [9.17, 15) is 15.0 Å². The number of amides is 1. The molecule has 0 aliphatic heterocycles. The summed E-state index contributed by atoms with van der Waals surface area (Å²) in [4.78, 5) is 14.5. The van der Waals surface area contributed by atoms with Gasteiger partial charge >= 0.3 is 0 Å². The number of benzene rings is 1. The van der Waals surface area contributed by atoms with Crippen LogP contribution in [-0.4, -0.2) is 33.4 Å². The van der Waals surface area contributed by atoms with E-state index in [1.165, 1.54) is 51.0 Å². The van der Waals surface area contributed by atoms with Gasteiger partial charge in [-0.05, 0) is 36.5 Å². The Hall–Kier alpha value is -1.85. The number of rotatable bonds is 11. The molecule has 1 aromatic carbocycles. The number of aliphatic hydroxyl groups is 2. The van der Waals surface area contributed by atoms with Crippen LogP contribution in [0, 0.1) is 0 Å². The Morgan fingerprint density at radius 2 is 1.88 bits per heavy atom. The second-order valence-corrected chi connectivity index (χ2v) is 7.14. The summed E-state index contributed by atoms with van der Waals surface area (Å²) < 4.78 is 0. The van der Waals surface area contributed by atoms with Crippen LogP contribution in [-0.2, 0) is 17.6 Å². The summed E-state index contributed by atoms with van der Waals surface area (Å²) in [6, 6.07) is 5.69. The van der Waals surface area contributed by atoms with Gasteiger partial charge in [-0.3, -0.25) is 4.79 Å². The highest BCUT2D eigenvalue weighted by atomic mass is 16.5. The van der Waals surface area contributed by atoms with E-state index in [1.54, 1.807) is 0 Å². The van der Waals surface area contributed by atoms with Gasteiger partial charge in [0.05, 0.1) is 6.04 Å². The summed E-state index contributed by atoms with van der Waals surface area (Å²) in [6.07, 6.45) is 9.51. The first-order chi connectivity index (χ1) is 12.5. The van der Waals surface area contributed by atoms with Gasteiger partial charge in [0.25, 0.3) is 0 Å². The van der Waals surface area contributed by atoms with E-state index >= 15 is 0 Å². The second kappa shape index (κ2) is 10.3. The molecule has 0 spiro atoms. The molecule has 144 valence electrons. The number of H-pyrrole nitrogens is 1. The Balaban J connectivity index is 1.96. The van der Waals surface area contributed by atoms with Crippen LogP contribution in [0.2, 0.25) is 0 Å². The van der Waals surface area contributed by atoms with E-state index in [0.29, 0.717) is 6.42 Å². The number of carbonyl (C=O) groups is 1. The normalized spacial score (nSPS) is 12.7. The van der Waals surface area contributed by atoms with Gasteiger partial charge in [-0.25, -0.2) is 0 Å². The monoisotopic (exact) mass is 360 g/mol. The molecule has 0 aliphatic rings. The maximum Gasteiger partial charge on any atom is 0.217 e. The van der Waals surface area contributed by atoms with Crippen LogP contribution >= 0.6 is 0 Å². The van der Waals surface area contributed by atoms with Gasteiger partial charge in [-0.15, -0.1) is 0 Å². The summed E-state index contributed by atoms with van der Waals surface area (Å²) in [6.45, 7) is 3.61. The van der Waals surface area contributed by atoms with Crippen molar-refractivity contribution in [3.8, 4) is 0 Å². The molecule has 1 unspecified atom stereocenters. The minimum atomic E-state index is -1.59. The van der Waals surface area contributed by atoms with Gasteiger partial charge in [0.15, 0.2) is 6.29 Å². The fraction of sp³-hybridized carbons (Fsp3) is 0.571. The summed E-state index contributed by atoms with van der Waals surface area (Å²) in [7, 11) is 0. The lowest BCUT2D eigenvalue weighted by Gasteiger charge is -2.19. The lowest BCUT2D eigenvalue weighted by Crippen LogP contribution is -2.43. The summed E-state index contributed by atoms with van der Waals surface area (Å²) >= 11 is 0. The first-order valence-corrected chi connectivity index (χ1v) is 9.73. The number of aryl methyl sites for hydroxylation is 1. The highest BCUT2D eigenvalue weighted by Crippen LogP contribution is 2.22. The van der Waals surface area contributed by atoms with E-state index in [4.69, 9.17) is 0 Å². The molecule has 0 saturated carbocycles. The van der Waals surface area contributed by atoms with Crippen molar-refractivity contribution in [3.63, 3.8) is 0 Å². The Bertz CT molecular complexity index is 694. The molecule has 0 saturated heterocycles. The maximum absolute atomic E-state index is 11.2. The minimum Gasteiger partial charge on any atom is -0.366 e. The SMILES string of the molecule is CCCCCCCCc1ccc2c(CC(NC(C)=O)C(O)O)c[nH]c2c1. The molecule has 2 rings (SSSR count). The van der Waals surface area contributed by atoms with Gasteiger partial charge in [0.1, 0.15) is 0 Å². The van der Waals surface area contributed by atoms with Gasteiger partial charge < -0.3 is 20.5 Å². The van der Waals surface area contributed by atoms with Crippen molar-refractivity contribution < 1.29 is 15.0 Å². The molecule has 5 nitrogen and oxygen atoms in total. The molecule has 2 aromatic rings. The smallest absolute Gasteiger partial charge is 0.217 e. The van der Waals surface area contributed by atoms with E-state index < -0.39 is 12.3 Å². The summed E-state index contributed by atoms with van der Waals surface area (Å²) in [5, 5.41) is 22.6. The van der Waals surface area contributed by atoms with Crippen molar-refractivity contribution in [2.75, 3.05) is 0 Å².